The molecule has 0 fully saturated rings. The molecule has 1 aromatic rings. The van der Waals surface area contributed by atoms with E-state index in [4.69, 9.17) is 12.2 Å². The number of rotatable bonds is 7. The van der Waals surface area contributed by atoms with Gasteiger partial charge >= 0.3 is 0 Å². The Balaban J connectivity index is 0. The SMILES string of the molecule is CC.CC.CCCN(C)CCCNc1c(C)c(=O)c1=S. The zero-order chi connectivity index (χ0) is 16.1. The Bertz CT molecular complexity index is 409. The van der Waals surface area contributed by atoms with Crippen LogP contribution in [-0.4, -0.2) is 31.6 Å². The number of anilines is 1. The van der Waals surface area contributed by atoms with Crippen LogP contribution in [-0.2, 0) is 0 Å². The van der Waals surface area contributed by atoms with Crippen molar-refractivity contribution in [2.24, 2.45) is 0 Å². The van der Waals surface area contributed by atoms with E-state index in [0.717, 1.165) is 37.3 Å². The van der Waals surface area contributed by atoms with Crippen molar-refractivity contribution >= 4 is 17.9 Å². The average molecular weight is 301 g/mol. The maximum atomic E-state index is 11.2. The summed E-state index contributed by atoms with van der Waals surface area (Å²) < 4.78 is 0.472. The molecule has 0 spiro atoms. The fourth-order valence-corrected chi connectivity index (χ4v) is 2.15. The molecule has 3 nitrogen and oxygen atoms in total. The topological polar surface area (TPSA) is 32.3 Å². The number of nitrogens with zero attached hydrogens (tertiary/aromatic N) is 1. The van der Waals surface area contributed by atoms with Gasteiger partial charge in [-0.15, -0.1) is 0 Å². The third-order valence-electron chi connectivity index (χ3n) is 2.77. The fourth-order valence-electron chi connectivity index (χ4n) is 1.77. The summed E-state index contributed by atoms with van der Waals surface area (Å²) in [7, 11) is 2.13. The second kappa shape index (κ2) is 13.3. The lowest BCUT2D eigenvalue weighted by atomic mass is 10.1. The van der Waals surface area contributed by atoms with Crippen LogP contribution in [0, 0.1) is 11.4 Å². The monoisotopic (exact) mass is 300 g/mol. The quantitative estimate of drug-likeness (QED) is 0.605. The number of hydrogen-bond acceptors (Lipinski definition) is 4. The Kier molecular flexibility index (Phi) is 14.3. The molecule has 0 saturated carbocycles. The highest BCUT2D eigenvalue weighted by Gasteiger charge is 2.11. The maximum Gasteiger partial charge on any atom is 0.203 e. The van der Waals surface area contributed by atoms with Gasteiger partial charge in [0.1, 0.15) is 4.51 Å². The number of hydrogen-bond donors (Lipinski definition) is 1. The maximum absolute atomic E-state index is 11.2. The summed E-state index contributed by atoms with van der Waals surface area (Å²) in [5.74, 6) is 0. The van der Waals surface area contributed by atoms with Crippen LogP contribution in [0.4, 0.5) is 5.69 Å². The molecule has 4 heteroatoms. The molecule has 0 atom stereocenters. The second-order valence-corrected chi connectivity index (χ2v) is 4.65. The summed E-state index contributed by atoms with van der Waals surface area (Å²) in [6, 6.07) is 0. The molecular formula is C16H32N2OS. The molecule has 0 unspecified atom stereocenters. The normalized spacial score (nSPS) is 9.60. The lowest BCUT2D eigenvalue weighted by Crippen LogP contribution is -2.24. The van der Waals surface area contributed by atoms with E-state index in [1.807, 2.05) is 34.6 Å². The summed E-state index contributed by atoms with van der Waals surface area (Å²) in [5.41, 5.74) is 1.70. The van der Waals surface area contributed by atoms with E-state index in [9.17, 15) is 4.79 Å². The zero-order valence-corrected chi connectivity index (χ0v) is 15.1. The van der Waals surface area contributed by atoms with Crippen LogP contribution >= 0.6 is 12.2 Å². The van der Waals surface area contributed by atoms with E-state index in [1.165, 1.54) is 6.42 Å². The van der Waals surface area contributed by atoms with Gasteiger partial charge in [0.05, 0.1) is 5.69 Å². The van der Waals surface area contributed by atoms with Crippen molar-refractivity contribution < 1.29 is 0 Å². The molecule has 1 N–H and O–H groups in total. The van der Waals surface area contributed by atoms with Gasteiger partial charge in [-0.2, -0.15) is 0 Å². The first-order chi connectivity index (χ1) is 9.57. The van der Waals surface area contributed by atoms with Gasteiger partial charge in [-0.1, -0.05) is 46.8 Å². The summed E-state index contributed by atoms with van der Waals surface area (Å²) in [6.45, 7) is 15.1. The van der Waals surface area contributed by atoms with Crippen molar-refractivity contribution in [1.29, 1.82) is 0 Å². The Morgan fingerprint density at radius 1 is 1.15 bits per heavy atom. The van der Waals surface area contributed by atoms with Gasteiger partial charge < -0.3 is 10.2 Å². The van der Waals surface area contributed by atoms with Gasteiger partial charge in [0.25, 0.3) is 0 Å². The van der Waals surface area contributed by atoms with E-state index in [-0.39, 0.29) is 5.43 Å². The molecule has 0 radical (unpaired) electrons. The molecule has 0 saturated heterocycles. The van der Waals surface area contributed by atoms with Gasteiger partial charge in [0.15, 0.2) is 0 Å². The molecule has 0 aliphatic rings. The highest BCUT2D eigenvalue weighted by atomic mass is 32.1. The molecule has 1 aromatic carbocycles. The van der Waals surface area contributed by atoms with E-state index in [2.05, 4.69) is 24.2 Å². The van der Waals surface area contributed by atoms with Crippen LogP contribution in [0.3, 0.4) is 0 Å². The molecule has 0 amide bonds. The predicted molar refractivity (Wildman–Crippen MR) is 94.2 cm³/mol. The van der Waals surface area contributed by atoms with Gasteiger partial charge in [0, 0.05) is 12.1 Å². The van der Waals surface area contributed by atoms with Crippen LogP contribution in [0.25, 0.3) is 0 Å². The molecule has 1 rings (SSSR count). The number of nitrogens with one attached hydrogen (secondary N) is 1. The van der Waals surface area contributed by atoms with Gasteiger partial charge in [0.2, 0.25) is 5.43 Å². The molecule has 0 heterocycles. The zero-order valence-electron chi connectivity index (χ0n) is 14.3. The smallest absolute Gasteiger partial charge is 0.203 e. The van der Waals surface area contributed by atoms with Crippen molar-refractivity contribution in [3.63, 3.8) is 0 Å². The standard InChI is InChI=1S/C12H20N2OS.2C2H6/c1-4-7-14(3)8-5-6-13-10-9(2)11(15)12(10)16;2*1-2/h13H,4-8H2,1-3H3;2*1-2H3. The summed E-state index contributed by atoms with van der Waals surface area (Å²) in [4.78, 5) is 13.5. The van der Waals surface area contributed by atoms with E-state index in [0.29, 0.717) is 4.51 Å². The van der Waals surface area contributed by atoms with Gasteiger partial charge in [-0.3, -0.25) is 4.79 Å². The average Bonchev–Trinajstić information content (AvgIpc) is 2.50. The van der Waals surface area contributed by atoms with E-state index >= 15 is 0 Å². The minimum absolute atomic E-state index is 0.0283. The van der Waals surface area contributed by atoms with Gasteiger partial charge in [-0.05, 0) is 39.9 Å². The highest BCUT2D eigenvalue weighted by Crippen LogP contribution is 2.15. The van der Waals surface area contributed by atoms with Crippen molar-refractivity contribution in [3.8, 4) is 0 Å². The van der Waals surface area contributed by atoms with Crippen LogP contribution < -0.4 is 10.7 Å². The molecule has 118 valence electrons. The lowest BCUT2D eigenvalue weighted by Gasteiger charge is -2.16. The summed E-state index contributed by atoms with van der Waals surface area (Å²) in [6.07, 6.45) is 2.26. The minimum Gasteiger partial charge on any atom is -0.383 e. The van der Waals surface area contributed by atoms with Crippen molar-refractivity contribution in [1.82, 2.24) is 4.90 Å². The predicted octanol–water partition coefficient (Wildman–Crippen LogP) is 4.16. The molecule has 0 aromatic heterocycles. The van der Waals surface area contributed by atoms with Crippen molar-refractivity contribution in [2.75, 3.05) is 32.0 Å². The largest absolute Gasteiger partial charge is 0.383 e. The molecule has 0 aliphatic heterocycles. The summed E-state index contributed by atoms with van der Waals surface area (Å²) in [5, 5.41) is 3.24. The first-order valence-corrected chi connectivity index (χ1v) is 8.21. The third kappa shape index (κ3) is 7.15. The van der Waals surface area contributed by atoms with Crippen molar-refractivity contribution in [3.05, 3.63) is 20.3 Å². The molecule has 0 bridgehead atoms. The first-order valence-electron chi connectivity index (χ1n) is 7.80. The second-order valence-electron chi connectivity index (χ2n) is 4.24. The molecular weight excluding hydrogens is 268 g/mol. The lowest BCUT2D eigenvalue weighted by molar-refractivity contribution is 0.333. The Morgan fingerprint density at radius 3 is 2.15 bits per heavy atom. The van der Waals surface area contributed by atoms with Crippen molar-refractivity contribution in [2.45, 2.75) is 54.4 Å². The van der Waals surface area contributed by atoms with Gasteiger partial charge in [-0.25, -0.2) is 0 Å². The van der Waals surface area contributed by atoms with Crippen LogP contribution in [0.15, 0.2) is 4.79 Å². The molecule has 0 aliphatic carbocycles. The fraction of sp³-hybridized carbons (Fsp3) is 0.750. The van der Waals surface area contributed by atoms with E-state index in [1.54, 1.807) is 0 Å². The first kappa shape index (κ1) is 21.6. The van der Waals surface area contributed by atoms with Crippen LogP contribution in [0.1, 0.15) is 53.0 Å². The minimum atomic E-state index is 0.0283. The Labute approximate surface area is 130 Å². The third-order valence-corrected chi connectivity index (χ3v) is 3.16. The Morgan fingerprint density at radius 2 is 1.70 bits per heavy atom. The Hall–Kier alpha value is -0.740. The van der Waals surface area contributed by atoms with Crippen LogP contribution in [0.5, 0.6) is 0 Å². The highest BCUT2D eigenvalue weighted by molar-refractivity contribution is 7.71. The molecule has 20 heavy (non-hydrogen) atoms. The van der Waals surface area contributed by atoms with Crippen LogP contribution in [0.2, 0.25) is 0 Å². The summed E-state index contributed by atoms with van der Waals surface area (Å²) >= 11 is 4.97. The van der Waals surface area contributed by atoms with E-state index < -0.39 is 0 Å².